The lowest BCUT2D eigenvalue weighted by atomic mass is 9.91. The summed E-state index contributed by atoms with van der Waals surface area (Å²) >= 11 is 0. The van der Waals surface area contributed by atoms with Gasteiger partial charge in [0.2, 0.25) is 0 Å². The molecule has 0 atom stereocenters. The third-order valence-electron chi connectivity index (χ3n) is 7.93. The van der Waals surface area contributed by atoms with Crippen molar-refractivity contribution in [2.45, 2.75) is 6.92 Å². The molecule has 0 spiro atoms. The van der Waals surface area contributed by atoms with Gasteiger partial charge in [-0.2, -0.15) is 0 Å². The first-order valence-electron chi connectivity index (χ1n) is 15.0. The average Bonchev–Trinajstić information content (AvgIpc) is 3.12. The van der Waals surface area contributed by atoms with Crippen LogP contribution in [0.3, 0.4) is 0 Å². The molecule has 0 aliphatic carbocycles. The molecule has 45 heavy (non-hydrogen) atoms. The quantitative estimate of drug-likeness (QED) is 0.177. The smallest absolute Gasteiger partial charge is 0.164 e. The van der Waals surface area contributed by atoms with Crippen LogP contribution in [0, 0.1) is 0 Å². The van der Waals surface area contributed by atoms with E-state index in [1.807, 2.05) is 73.7 Å². The van der Waals surface area contributed by atoms with E-state index in [2.05, 4.69) is 96.6 Å². The second-order valence-electron chi connectivity index (χ2n) is 10.7. The van der Waals surface area contributed by atoms with E-state index in [4.69, 9.17) is 15.0 Å². The molecule has 214 valence electrons. The molecule has 1 heterocycles. The van der Waals surface area contributed by atoms with Crippen LogP contribution in [0.15, 0.2) is 151 Å². The van der Waals surface area contributed by atoms with Crippen molar-refractivity contribution in [1.29, 1.82) is 0 Å². The predicted octanol–water partition coefficient (Wildman–Crippen LogP) is 10.7. The highest BCUT2D eigenvalue weighted by atomic mass is 15.0. The summed E-state index contributed by atoms with van der Waals surface area (Å²) in [5.41, 5.74) is 9.02. The van der Waals surface area contributed by atoms with Crippen LogP contribution in [-0.4, -0.2) is 21.7 Å². The van der Waals surface area contributed by atoms with E-state index >= 15 is 0 Å². The maximum Gasteiger partial charge on any atom is 0.164 e. The summed E-state index contributed by atoms with van der Waals surface area (Å²) in [6.45, 7) is 5.87. The number of hydrogen-bond acceptors (Lipinski definition) is 4. The lowest BCUT2D eigenvalue weighted by Crippen LogP contribution is -2.01. The third kappa shape index (κ3) is 5.46. The largest absolute Gasteiger partial charge is 0.263 e. The van der Waals surface area contributed by atoms with Crippen LogP contribution < -0.4 is 0 Å². The van der Waals surface area contributed by atoms with Crippen molar-refractivity contribution < 1.29 is 0 Å². The van der Waals surface area contributed by atoms with E-state index in [0.717, 1.165) is 61.0 Å². The highest BCUT2D eigenvalue weighted by Crippen LogP contribution is 2.40. The standard InChI is InChI=1S/C41H30N4/c1-3-13-31-19-12-21-35(38(31)42-2)29-22-24-30(25-23-29)37-34-20-11-10-14-28(34)26-27-36(37)41-44-39(32-15-6-4-7-16-32)43-40(45-41)33-17-8-5-9-18-33/h3-27H,2H2,1H3/b13-3-. The first kappa shape index (κ1) is 27.8. The van der Waals surface area contributed by atoms with Gasteiger partial charge in [-0.05, 0) is 41.6 Å². The van der Waals surface area contributed by atoms with E-state index in [-0.39, 0.29) is 0 Å². The molecule has 0 saturated heterocycles. The summed E-state index contributed by atoms with van der Waals surface area (Å²) in [6, 6.07) is 47.8. The summed E-state index contributed by atoms with van der Waals surface area (Å²) in [6.07, 6.45) is 4.08. The van der Waals surface area contributed by atoms with Gasteiger partial charge in [0.1, 0.15) is 0 Å². The van der Waals surface area contributed by atoms with Crippen LogP contribution in [0.4, 0.5) is 5.69 Å². The zero-order valence-corrected chi connectivity index (χ0v) is 24.9. The van der Waals surface area contributed by atoms with Crippen LogP contribution in [0.5, 0.6) is 0 Å². The topological polar surface area (TPSA) is 51.0 Å². The van der Waals surface area contributed by atoms with Crippen molar-refractivity contribution in [2.24, 2.45) is 4.99 Å². The molecule has 4 heteroatoms. The Kier molecular flexibility index (Phi) is 7.61. The molecule has 0 fully saturated rings. The fraction of sp³-hybridized carbons (Fsp3) is 0.0244. The van der Waals surface area contributed by atoms with Gasteiger partial charge in [-0.25, -0.2) is 15.0 Å². The average molecular weight is 579 g/mol. The lowest BCUT2D eigenvalue weighted by Gasteiger charge is -2.15. The summed E-state index contributed by atoms with van der Waals surface area (Å²) in [5, 5.41) is 2.28. The van der Waals surface area contributed by atoms with Crippen molar-refractivity contribution in [3.63, 3.8) is 0 Å². The minimum absolute atomic E-state index is 0.629. The number of fused-ring (bicyclic) bond motifs is 1. The zero-order chi connectivity index (χ0) is 30.6. The molecular formula is C41H30N4. The van der Waals surface area contributed by atoms with Gasteiger partial charge in [0, 0.05) is 33.4 Å². The molecule has 0 saturated carbocycles. The molecule has 7 aromatic rings. The predicted molar refractivity (Wildman–Crippen MR) is 188 cm³/mol. The first-order valence-corrected chi connectivity index (χ1v) is 15.0. The Labute approximate surface area is 263 Å². The Bertz CT molecular complexity index is 2110. The Morgan fingerprint density at radius 2 is 1.11 bits per heavy atom. The number of benzene rings is 6. The van der Waals surface area contributed by atoms with Gasteiger partial charge in [-0.3, -0.25) is 4.99 Å². The second kappa shape index (κ2) is 12.3. The van der Waals surface area contributed by atoms with Gasteiger partial charge in [0.05, 0.1) is 5.69 Å². The fourth-order valence-electron chi connectivity index (χ4n) is 5.80. The molecule has 0 N–H and O–H groups in total. The van der Waals surface area contributed by atoms with Gasteiger partial charge >= 0.3 is 0 Å². The number of aliphatic imine (C=N–C) groups is 1. The molecule has 0 bridgehead atoms. The van der Waals surface area contributed by atoms with E-state index in [0.29, 0.717) is 17.5 Å². The zero-order valence-electron chi connectivity index (χ0n) is 24.9. The molecule has 7 rings (SSSR count). The highest BCUT2D eigenvalue weighted by Gasteiger charge is 2.18. The van der Waals surface area contributed by atoms with Crippen molar-refractivity contribution in [2.75, 3.05) is 0 Å². The fourth-order valence-corrected chi connectivity index (χ4v) is 5.80. The number of para-hydroxylation sites is 1. The molecule has 0 radical (unpaired) electrons. The first-order chi connectivity index (χ1) is 22.2. The van der Waals surface area contributed by atoms with Gasteiger partial charge < -0.3 is 0 Å². The molecule has 4 nitrogen and oxygen atoms in total. The SMILES string of the molecule is C=Nc1c(/C=C\C)cccc1-c1ccc(-c2c(-c3nc(-c4ccccc4)nc(-c4ccccc4)n3)ccc3ccccc23)cc1. The lowest BCUT2D eigenvalue weighted by molar-refractivity contribution is 1.07. The Morgan fingerprint density at radius 1 is 0.511 bits per heavy atom. The van der Waals surface area contributed by atoms with Crippen molar-refractivity contribution >= 4 is 29.3 Å². The number of aromatic nitrogens is 3. The number of hydrogen-bond donors (Lipinski definition) is 0. The van der Waals surface area contributed by atoms with Crippen molar-refractivity contribution in [1.82, 2.24) is 15.0 Å². The van der Waals surface area contributed by atoms with E-state index in [1.54, 1.807) is 0 Å². The minimum Gasteiger partial charge on any atom is -0.263 e. The van der Waals surface area contributed by atoms with E-state index in [9.17, 15) is 0 Å². The van der Waals surface area contributed by atoms with E-state index in [1.165, 1.54) is 0 Å². The highest BCUT2D eigenvalue weighted by molar-refractivity contribution is 6.03. The summed E-state index contributed by atoms with van der Waals surface area (Å²) in [7, 11) is 0. The third-order valence-corrected chi connectivity index (χ3v) is 7.93. The van der Waals surface area contributed by atoms with Gasteiger partial charge in [0.25, 0.3) is 0 Å². The van der Waals surface area contributed by atoms with Crippen LogP contribution >= 0.6 is 0 Å². The van der Waals surface area contributed by atoms with Crippen LogP contribution in [-0.2, 0) is 0 Å². The Morgan fingerprint density at radius 3 is 1.76 bits per heavy atom. The minimum atomic E-state index is 0.629. The molecule has 1 aromatic heterocycles. The van der Waals surface area contributed by atoms with Gasteiger partial charge in [-0.15, -0.1) is 0 Å². The van der Waals surface area contributed by atoms with Crippen LogP contribution in [0.25, 0.3) is 73.3 Å². The van der Waals surface area contributed by atoms with Crippen molar-refractivity contribution in [3.05, 3.63) is 151 Å². The van der Waals surface area contributed by atoms with E-state index < -0.39 is 0 Å². The second-order valence-corrected chi connectivity index (χ2v) is 10.7. The molecule has 0 unspecified atom stereocenters. The molecule has 0 amide bonds. The number of nitrogens with zero attached hydrogens (tertiary/aromatic N) is 4. The maximum atomic E-state index is 5.06. The van der Waals surface area contributed by atoms with Crippen molar-refractivity contribution in [3.8, 4) is 56.4 Å². The summed E-state index contributed by atoms with van der Waals surface area (Å²) < 4.78 is 0. The Hall–Kier alpha value is -6.00. The molecule has 6 aromatic carbocycles. The molecule has 0 aliphatic heterocycles. The maximum absolute atomic E-state index is 5.06. The number of allylic oxidation sites excluding steroid dienone is 1. The summed E-state index contributed by atoms with van der Waals surface area (Å²) in [4.78, 5) is 19.4. The van der Waals surface area contributed by atoms with Crippen LogP contribution in [0.2, 0.25) is 0 Å². The normalized spacial score (nSPS) is 11.2. The molecule has 0 aliphatic rings. The monoisotopic (exact) mass is 578 g/mol. The van der Waals surface area contributed by atoms with Gasteiger partial charge in [-0.1, -0.05) is 146 Å². The Balaban J connectivity index is 1.43. The summed E-state index contributed by atoms with van der Waals surface area (Å²) in [5.74, 6) is 1.91. The molecular weight excluding hydrogens is 548 g/mol. The number of rotatable bonds is 7. The van der Waals surface area contributed by atoms with Gasteiger partial charge in [0.15, 0.2) is 17.5 Å². The van der Waals surface area contributed by atoms with Crippen LogP contribution in [0.1, 0.15) is 12.5 Å².